The van der Waals surface area contributed by atoms with Crippen LogP contribution in [-0.4, -0.2) is 39.3 Å². The highest BCUT2D eigenvalue weighted by atomic mass is 15.1. The van der Waals surface area contributed by atoms with E-state index in [9.17, 15) is 0 Å². The summed E-state index contributed by atoms with van der Waals surface area (Å²) < 4.78 is 0. The van der Waals surface area contributed by atoms with E-state index in [0.29, 0.717) is 0 Å². The van der Waals surface area contributed by atoms with Gasteiger partial charge in [-0.1, -0.05) is 96.3 Å². The van der Waals surface area contributed by atoms with Gasteiger partial charge in [-0.3, -0.25) is 0 Å². The predicted octanol–water partition coefficient (Wildman–Crippen LogP) is 6.78. The monoisotopic (exact) mass is 491 g/mol. The summed E-state index contributed by atoms with van der Waals surface area (Å²) in [5.74, 6) is 2.10. The molecule has 4 bridgehead atoms. The van der Waals surface area contributed by atoms with E-state index < -0.39 is 0 Å². The van der Waals surface area contributed by atoms with E-state index in [1.54, 1.807) is 0 Å². The lowest BCUT2D eigenvalue weighted by atomic mass is 9.92. The lowest BCUT2D eigenvalue weighted by molar-refractivity contribution is -0.909. The Morgan fingerprint density at radius 1 is 0.257 bits per heavy atom. The SMILES string of the molecule is C1CCCCCC[NH+]2CCCC(CCCCCCCCCCC[NH+]3CCCC(CCCCC1)C3)C2. The second kappa shape index (κ2) is 20.0. The van der Waals surface area contributed by atoms with Gasteiger partial charge in [0.15, 0.2) is 0 Å². The Hall–Kier alpha value is -0.0800. The van der Waals surface area contributed by atoms with Gasteiger partial charge < -0.3 is 9.80 Å². The van der Waals surface area contributed by atoms with Gasteiger partial charge in [0.2, 0.25) is 0 Å². The van der Waals surface area contributed by atoms with E-state index in [-0.39, 0.29) is 0 Å². The fourth-order valence-corrected chi connectivity index (χ4v) is 7.72. The zero-order valence-electron chi connectivity index (χ0n) is 24.1. The molecule has 0 saturated carbocycles. The molecule has 0 aromatic rings. The summed E-state index contributed by atoms with van der Waals surface area (Å²) in [4.78, 5) is 3.90. The maximum absolute atomic E-state index is 1.95. The highest BCUT2D eigenvalue weighted by Crippen LogP contribution is 2.19. The maximum atomic E-state index is 1.95. The summed E-state index contributed by atoms with van der Waals surface area (Å²) in [5, 5.41) is 0. The zero-order chi connectivity index (χ0) is 24.2. The molecule has 3 rings (SSSR count). The molecule has 2 N–H and O–H groups in total. The number of nitrogens with one attached hydrogen (secondary N) is 2. The highest BCUT2D eigenvalue weighted by Gasteiger charge is 2.23. The highest BCUT2D eigenvalue weighted by molar-refractivity contribution is 4.64. The summed E-state index contributed by atoms with van der Waals surface area (Å²) in [5.41, 5.74) is 0. The molecule has 0 radical (unpaired) electrons. The van der Waals surface area contributed by atoms with Crippen LogP contribution in [0.25, 0.3) is 0 Å². The van der Waals surface area contributed by atoms with Crippen LogP contribution >= 0.6 is 0 Å². The molecular weight excluding hydrogens is 424 g/mol. The minimum Gasteiger partial charge on any atom is -0.335 e. The lowest BCUT2D eigenvalue weighted by Crippen LogP contribution is -3.13. The molecule has 0 aromatic heterocycles. The van der Waals surface area contributed by atoms with Crippen molar-refractivity contribution in [3.05, 3.63) is 0 Å². The second-order valence-electron chi connectivity index (χ2n) is 13.2. The molecule has 35 heavy (non-hydrogen) atoms. The topological polar surface area (TPSA) is 8.88 Å². The lowest BCUT2D eigenvalue weighted by Gasteiger charge is -2.30. The van der Waals surface area contributed by atoms with E-state index >= 15 is 0 Å². The predicted molar refractivity (Wildman–Crippen MR) is 154 cm³/mol. The summed E-state index contributed by atoms with van der Waals surface area (Å²) >= 11 is 0. The largest absolute Gasteiger partial charge is 0.335 e. The van der Waals surface area contributed by atoms with Gasteiger partial charge in [0, 0.05) is 11.8 Å². The van der Waals surface area contributed by atoms with Crippen LogP contribution in [0.1, 0.15) is 161 Å². The van der Waals surface area contributed by atoms with Gasteiger partial charge in [0.05, 0.1) is 39.3 Å². The van der Waals surface area contributed by atoms with Crippen LogP contribution in [0, 0.1) is 11.8 Å². The third kappa shape index (κ3) is 14.4. The number of fused-ring (bicyclic) bond motifs is 4. The van der Waals surface area contributed by atoms with E-state index in [2.05, 4.69) is 0 Å². The van der Waals surface area contributed by atoms with Gasteiger partial charge in [0.25, 0.3) is 0 Å². The second-order valence-corrected chi connectivity index (χ2v) is 13.2. The number of piperidine rings is 2. The van der Waals surface area contributed by atoms with Crippen LogP contribution in [0.15, 0.2) is 0 Å². The van der Waals surface area contributed by atoms with Crippen LogP contribution in [-0.2, 0) is 0 Å². The Bertz CT molecular complexity index is 436. The molecule has 0 amide bonds. The van der Waals surface area contributed by atoms with Crippen LogP contribution in [0.2, 0.25) is 0 Å². The van der Waals surface area contributed by atoms with Crippen molar-refractivity contribution in [2.45, 2.75) is 161 Å². The average molecular weight is 491 g/mol. The van der Waals surface area contributed by atoms with E-state index in [1.165, 1.54) is 200 Å². The smallest absolute Gasteiger partial charge is 0.0799 e. The van der Waals surface area contributed by atoms with Crippen LogP contribution in [0.5, 0.6) is 0 Å². The fraction of sp³-hybridized carbons (Fsp3) is 1.00. The van der Waals surface area contributed by atoms with Gasteiger partial charge in [0.1, 0.15) is 0 Å². The molecular formula is C33H66N2+2. The Morgan fingerprint density at radius 3 is 0.886 bits per heavy atom. The number of rotatable bonds is 0. The number of hydrogen-bond donors (Lipinski definition) is 2. The normalized spacial score (nSPS) is 33.6. The molecule has 206 valence electrons. The summed E-state index contributed by atoms with van der Waals surface area (Å²) in [7, 11) is 0. The molecule has 0 aliphatic carbocycles. The molecule has 2 heteroatoms. The molecule has 3 fully saturated rings. The fourth-order valence-electron chi connectivity index (χ4n) is 7.72. The summed E-state index contributed by atoms with van der Waals surface area (Å²) in [6.07, 6.45) is 37.6. The summed E-state index contributed by atoms with van der Waals surface area (Å²) in [6, 6.07) is 0. The van der Waals surface area contributed by atoms with Gasteiger partial charge in [-0.05, 0) is 64.2 Å². The molecule has 3 heterocycles. The van der Waals surface area contributed by atoms with Gasteiger partial charge in [-0.25, -0.2) is 0 Å². The maximum Gasteiger partial charge on any atom is 0.0799 e. The average Bonchev–Trinajstić information content (AvgIpc) is 2.88. The molecule has 3 aliphatic rings. The van der Waals surface area contributed by atoms with Crippen molar-refractivity contribution in [3.8, 4) is 0 Å². The first-order chi connectivity index (χ1) is 17.4. The standard InChI is InChI=1S/C33H64N2/c1-2-6-10-14-18-26-34-28-21-25-33(31-34)23-17-13-9-5-3-7-11-15-19-27-35-29-20-24-32(30-35)22-16-12-8-4-1/h32-33H,1-31H2/p+2. The third-order valence-corrected chi connectivity index (χ3v) is 9.98. The Morgan fingerprint density at radius 2 is 0.514 bits per heavy atom. The molecule has 2 nitrogen and oxygen atoms in total. The molecule has 3 saturated heterocycles. The van der Waals surface area contributed by atoms with Crippen molar-refractivity contribution in [1.82, 2.24) is 0 Å². The third-order valence-electron chi connectivity index (χ3n) is 9.98. The van der Waals surface area contributed by atoms with Crippen LogP contribution < -0.4 is 9.80 Å². The minimum atomic E-state index is 1.05. The van der Waals surface area contributed by atoms with Crippen molar-refractivity contribution in [1.29, 1.82) is 0 Å². The molecule has 4 atom stereocenters. The Kier molecular flexibility index (Phi) is 16.8. The van der Waals surface area contributed by atoms with Gasteiger partial charge in [-0.15, -0.1) is 0 Å². The van der Waals surface area contributed by atoms with E-state index in [0.717, 1.165) is 11.8 Å². The molecule has 3 aliphatic heterocycles. The van der Waals surface area contributed by atoms with Crippen molar-refractivity contribution >= 4 is 0 Å². The van der Waals surface area contributed by atoms with Crippen molar-refractivity contribution in [2.24, 2.45) is 11.8 Å². The quantitative estimate of drug-likeness (QED) is 0.370. The first-order valence-corrected chi connectivity index (χ1v) is 17.1. The minimum absolute atomic E-state index is 1.05. The van der Waals surface area contributed by atoms with Gasteiger partial charge in [-0.2, -0.15) is 0 Å². The van der Waals surface area contributed by atoms with Crippen molar-refractivity contribution < 1.29 is 9.80 Å². The van der Waals surface area contributed by atoms with Crippen molar-refractivity contribution in [3.63, 3.8) is 0 Å². The van der Waals surface area contributed by atoms with Crippen LogP contribution in [0.3, 0.4) is 0 Å². The molecule has 4 unspecified atom stereocenters. The Labute approximate surface area is 221 Å². The molecule has 0 aromatic carbocycles. The zero-order valence-corrected chi connectivity index (χ0v) is 24.1. The van der Waals surface area contributed by atoms with Gasteiger partial charge >= 0.3 is 0 Å². The molecule has 0 spiro atoms. The Balaban J connectivity index is 1.30. The van der Waals surface area contributed by atoms with Crippen LogP contribution in [0.4, 0.5) is 0 Å². The summed E-state index contributed by atoms with van der Waals surface area (Å²) in [6.45, 7) is 8.88. The first-order valence-electron chi connectivity index (χ1n) is 17.1. The number of hydrogen-bond acceptors (Lipinski definition) is 0. The van der Waals surface area contributed by atoms with E-state index in [4.69, 9.17) is 0 Å². The van der Waals surface area contributed by atoms with Crippen molar-refractivity contribution in [2.75, 3.05) is 39.3 Å². The number of quaternary nitrogens is 2. The van der Waals surface area contributed by atoms with E-state index in [1.807, 2.05) is 9.80 Å². The first kappa shape index (κ1) is 29.5.